The van der Waals surface area contributed by atoms with E-state index in [1.165, 1.54) is 38.5 Å². The van der Waals surface area contributed by atoms with Gasteiger partial charge in [0.25, 0.3) is 0 Å². The zero-order chi connectivity index (χ0) is 11.2. The number of unbranched alkanes of at least 4 members (excludes halogenated alkanes) is 8. The second-order valence-electron chi connectivity index (χ2n) is 3.86. The Labute approximate surface area is 92.3 Å². The highest BCUT2D eigenvalue weighted by molar-refractivity contribution is 4.50. The van der Waals surface area contributed by atoms with Gasteiger partial charge in [0, 0.05) is 18.1 Å². The summed E-state index contributed by atoms with van der Waals surface area (Å²) < 4.78 is 0. The van der Waals surface area contributed by atoms with Gasteiger partial charge in [0.15, 0.2) is 0 Å². The van der Waals surface area contributed by atoms with Gasteiger partial charge in [0.2, 0.25) is 0 Å². The highest BCUT2D eigenvalue weighted by Gasteiger charge is 1.91. The molecule has 0 radical (unpaired) electrons. The highest BCUT2D eigenvalue weighted by Crippen LogP contribution is 2.09. The van der Waals surface area contributed by atoms with Gasteiger partial charge in [-0.15, -0.1) is 0 Å². The Morgan fingerprint density at radius 3 is 1.73 bits per heavy atom. The van der Waals surface area contributed by atoms with Gasteiger partial charge in [-0.1, -0.05) is 50.1 Å². The van der Waals surface area contributed by atoms with Crippen LogP contribution in [0.2, 0.25) is 0 Å². The Morgan fingerprint density at radius 2 is 1.27 bits per heavy atom. The van der Waals surface area contributed by atoms with Crippen molar-refractivity contribution in [2.75, 3.05) is 13.2 Å². The molecule has 0 bridgehead atoms. The number of aliphatic hydroxyl groups excluding tert-OH is 1. The van der Waals surface area contributed by atoms with Crippen LogP contribution in [-0.2, 0) is 0 Å². The quantitative estimate of drug-likeness (QED) is 0.241. The smallest absolute Gasteiger partial charge is 0.0431 e. The second kappa shape index (κ2) is 13.3. The average Bonchev–Trinajstić information content (AvgIpc) is 2.26. The van der Waals surface area contributed by atoms with E-state index in [9.17, 15) is 0 Å². The van der Waals surface area contributed by atoms with E-state index in [2.05, 4.69) is 10.0 Å². The molecule has 0 heterocycles. The average molecular weight is 213 g/mol. The van der Waals surface area contributed by atoms with Crippen LogP contribution in [-0.4, -0.2) is 18.3 Å². The first-order chi connectivity index (χ1) is 7.41. The van der Waals surface area contributed by atoms with Crippen molar-refractivity contribution >= 4 is 0 Å². The van der Waals surface area contributed by atoms with Crippen LogP contribution in [0.15, 0.2) is 5.11 Å². The first kappa shape index (κ1) is 14.3. The molecule has 0 fully saturated rings. The maximum absolute atomic E-state index is 8.58. The Kier molecular flexibility index (Phi) is 12.6. The fourth-order valence-electron chi connectivity index (χ4n) is 1.58. The molecule has 0 unspecified atom stereocenters. The molecule has 15 heavy (non-hydrogen) atoms. The van der Waals surface area contributed by atoms with Gasteiger partial charge in [0.1, 0.15) is 0 Å². The molecule has 0 saturated heterocycles. The van der Waals surface area contributed by atoms with E-state index in [0.29, 0.717) is 13.2 Å². The molecule has 4 nitrogen and oxygen atoms in total. The van der Waals surface area contributed by atoms with E-state index in [0.717, 1.165) is 19.3 Å². The largest absolute Gasteiger partial charge is 0.396 e. The number of hydrogen-bond acceptors (Lipinski definition) is 2. The Morgan fingerprint density at radius 1 is 0.800 bits per heavy atom. The first-order valence-corrected chi connectivity index (χ1v) is 6.03. The van der Waals surface area contributed by atoms with Gasteiger partial charge in [-0.05, 0) is 18.4 Å². The molecule has 0 aromatic rings. The molecule has 0 aliphatic rings. The van der Waals surface area contributed by atoms with Crippen molar-refractivity contribution in [3.05, 3.63) is 10.4 Å². The van der Waals surface area contributed by atoms with Crippen molar-refractivity contribution in [1.29, 1.82) is 0 Å². The van der Waals surface area contributed by atoms with E-state index in [-0.39, 0.29) is 0 Å². The molecule has 0 rings (SSSR count). The molecule has 88 valence electrons. The van der Waals surface area contributed by atoms with E-state index in [4.69, 9.17) is 10.6 Å². The number of aliphatic hydroxyl groups is 1. The Hall–Kier alpha value is -0.730. The minimum atomic E-state index is 0.333. The van der Waals surface area contributed by atoms with Crippen LogP contribution < -0.4 is 0 Å². The van der Waals surface area contributed by atoms with E-state index in [1.54, 1.807) is 0 Å². The van der Waals surface area contributed by atoms with Gasteiger partial charge in [0.05, 0.1) is 0 Å². The normalized spacial score (nSPS) is 9.93. The lowest BCUT2D eigenvalue weighted by Crippen LogP contribution is -1.85. The number of rotatable bonds is 11. The summed E-state index contributed by atoms with van der Waals surface area (Å²) in [7, 11) is 0. The fraction of sp³-hybridized carbons (Fsp3) is 1.00. The summed E-state index contributed by atoms with van der Waals surface area (Å²) >= 11 is 0. The maximum Gasteiger partial charge on any atom is 0.0431 e. The molecule has 0 atom stereocenters. The molecular weight excluding hydrogens is 190 g/mol. The third-order valence-electron chi connectivity index (χ3n) is 2.48. The number of hydrogen-bond donors (Lipinski definition) is 1. The van der Waals surface area contributed by atoms with Crippen molar-refractivity contribution in [1.82, 2.24) is 0 Å². The summed E-state index contributed by atoms with van der Waals surface area (Å²) in [6.45, 7) is 0.979. The van der Waals surface area contributed by atoms with Crippen LogP contribution in [0.1, 0.15) is 57.8 Å². The zero-order valence-electron chi connectivity index (χ0n) is 9.57. The second-order valence-corrected chi connectivity index (χ2v) is 3.86. The molecule has 0 amide bonds. The van der Waals surface area contributed by atoms with Gasteiger partial charge in [-0.25, -0.2) is 0 Å². The highest BCUT2D eigenvalue weighted by atomic mass is 16.2. The molecule has 0 aliphatic heterocycles. The summed E-state index contributed by atoms with van der Waals surface area (Å²) in [5.74, 6) is 0. The zero-order valence-corrected chi connectivity index (χ0v) is 9.57. The van der Waals surface area contributed by atoms with Crippen molar-refractivity contribution in [3.63, 3.8) is 0 Å². The summed E-state index contributed by atoms with van der Waals surface area (Å²) in [5, 5.41) is 12.1. The van der Waals surface area contributed by atoms with Crippen LogP contribution in [0.5, 0.6) is 0 Å². The van der Waals surface area contributed by atoms with Crippen molar-refractivity contribution < 1.29 is 5.11 Å². The molecule has 0 spiro atoms. The lowest BCUT2D eigenvalue weighted by molar-refractivity contribution is 0.282. The van der Waals surface area contributed by atoms with E-state index >= 15 is 0 Å². The molecule has 0 saturated carbocycles. The van der Waals surface area contributed by atoms with E-state index < -0.39 is 0 Å². The number of nitrogens with zero attached hydrogens (tertiary/aromatic N) is 3. The maximum atomic E-state index is 8.58. The summed E-state index contributed by atoms with van der Waals surface area (Å²) in [6, 6.07) is 0. The van der Waals surface area contributed by atoms with Gasteiger partial charge < -0.3 is 5.11 Å². The minimum Gasteiger partial charge on any atom is -0.396 e. The van der Waals surface area contributed by atoms with Crippen molar-refractivity contribution in [3.8, 4) is 0 Å². The molecule has 0 aromatic heterocycles. The molecule has 0 aliphatic carbocycles. The molecular formula is C11H23N3O. The molecule has 1 N–H and O–H groups in total. The predicted molar refractivity (Wildman–Crippen MR) is 62.7 cm³/mol. The Bertz CT molecular complexity index is 167. The lowest BCUT2D eigenvalue weighted by atomic mass is 10.1. The van der Waals surface area contributed by atoms with Gasteiger partial charge in [-0.2, -0.15) is 0 Å². The monoisotopic (exact) mass is 213 g/mol. The van der Waals surface area contributed by atoms with Gasteiger partial charge >= 0.3 is 0 Å². The molecule has 0 aromatic carbocycles. The minimum absolute atomic E-state index is 0.333. The summed E-state index contributed by atoms with van der Waals surface area (Å²) in [4.78, 5) is 2.72. The van der Waals surface area contributed by atoms with E-state index in [1.807, 2.05) is 0 Å². The number of azide groups is 1. The standard InChI is InChI=1S/C11H23N3O/c12-14-13-10-8-6-4-2-1-3-5-7-9-11-15/h15H,1-11H2. The summed E-state index contributed by atoms with van der Waals surface area (Å²) in [5.41, 5.74) is 8.05. The lowest BCUT2D eigenvalue weighted by Gasteiger charge is -2.00. The Balaban J connectivity index is 2.89. The van der Waals surface area contributed by atoms with Crippen LogP contribution in [0, 0.1) is 0 Å². The van der Waals surface area contributed by atoms with Crippen LogP contribution in [0.4, 0.5) is 0 Å². The van der Waals surface area contributed by atoms with Crippen molar-refractivity contribution in [2.45, 2.75) is 57.8 Å². The SMILES string of the molecule is [N-]=[N+]=NCCCCCCCCCCCO. The first-order valence-electron chi connectivity index (χ1n) is 6.03. The fourth-order valence-corrected chi connectivity index (χ4v) is 1.58. The van der Waals surface area contributed by atoms with Crippen LogP contribution >= 0.6 is 0 Å². The summed E-state index contributed by atoms with van der Waals surface area (Å²) in [6.07, 6.45) is 10.7. The van der Waals surface area contributed by atoms with Crippen LogP contribution in [0.25, 0.3) is 10.4 Å². The van der Waals surface area contributed by atoms with Crippen molar-refractivity contribution in [2.24, 2.45) is 5.11 Å². The predicted octanol–water partition coefficient (Wildman–Crippen LogP) is 3.80. The third-order valence-corrected chi connectivity index (χ3v) is 2.48. The van der Waals surface area contributed by atoms with Gasteiger partial charge in [-0.3, -0.25) is 0 Å². The van der Waals surface area contributed by atoms with Crippen LogP contribution in [0.3, 0.4) is 0 Å². The third kappa shape index (κ3) is 13.3. The molecule has 4 heteroatoms. The topological polar surface area (TPSA) is 69.0 Å².